The molecule has 2 aromatic carbocycles. The Kier molecular flexibility index (Phi) is 5.43. The lowest BCUT2D eigenvalue weighted by Crippen LogP contribution is -2.48. The van der Waals surface area contributed by atoms with E-state index < -0.39 is 0 Å². The fourth-order valence-electron chi connectivity index (χ4n) is 7.61. The van der Waals surface area contributed by atoms with Gasteiger partial charge >= 0.3 is 0 Å². The standard InChI is InChI=1S/C30H31N5OS/c31-25-7-6-23(28-5-2-8-37-28)13-26(25)32-29(36)24-4-1-3-22(12-24)27-17-35(34-33-27)18-30-14-19-9-20(15-30)11-21(10-19)16-30/h1-8,12-13,17,19-21H,9-11,14-16,18,31H2,(H,32,36). The lowest BCUT2D eigenvalue weighted by Gasteiger charge is -2.56. The lowest BCUT2D eigenvalue weighted by molar-refractivity contribution is -0.0637. The summed E-state index contributed by atoms with van der Waals surface area (Å²) in [6, 6.07) is 17.4. The highest BCUT2D eigenvalue weighted by atomic mass is 32.1. The van der Waals surface area contributed by atoms with Gasteiger partial charge in [-0.15, -0.1) is 16.4 Å². The van der Waals surface area contributed by atoms with Gasteiger partial charge in [-0.05, 0) is 103 Å². The molecule has 4 saturated carbocycles. The minimum absolute atomic E-state index is 0.196. The van der Waals surface area contributed by atoms with Gasteiger partial charge in [0.2, 0.25) is 0 Å². The molecule has 0 radical (unpaired) electrons. The number of nitrogens with two attached hydrogens (primary N) is 1. The molecule has 4 bridgehead atoms. The molecule has 37 heavy (non-hydrogen) atoms. The second-order valence-corrected chi connectivity index (χ2v) is 12.5. The predicted molar refractivity (Wildman–Crippen MR) is 148 cm³/mol. The molecule has 4 aliphatic carbocycles. The number of hydrogen-bond acceptors (Lipinski definition) is 5. The summed E-state index contributed by atoms with van der Waals surface area (Å²) < 4.78 is 2.05. The van der Waals surface area contributed by atoms with Crippen molar-refractivity contribution in [2.24, 2.45) is 23.2 Å². The summed E-state index contributed by atoms with van der Waals surface area (Å²) in [5, 5.41) is 14.0. The van der Waals surface area contributed by atoms with Gasteiger partial charge in [-0.3, -0.25) is 9.48 Å². The number of carbonyl (C=O) groups is 1. The number of anilines is 2. The Bertz CT molecular complexity index is 1420. The molecule has 2 aromatic heterocycles. The molecule has 0 aliphatic heterocycles. The van der Waals surface area contributed by atoms with Gasteiger partial charge in [-0.25, -0.2) is 0 Å². The van der Waals surface area contributed by atoms with E-state index in [-0.39, 0.29) is 5.91 Å². The third-order valence-corrected chi connectivity index (χ3v) is 9.65. The van der Waals surface area contributed by atoms with E-state index in [2.05, 4.69) is 27.9 Å². The van der Waals surface area contributed by atoms with Crippen molar-refractivity contribution in [2.45, 2.75) is 45.1 Å². The Hall–Kier alpha value is -3.45. The molecule has 4 aromatic rings. The van der Waals surface area contributed by atoms with Crippen molar-refractivity contribution in [3.8, 4) is 21.7 Å². The second kappa shape index (κ2) is 8.84. The SMILES string of the molecule is Nc1ccc(-c2cccs2)cc1NC(=O)c1cccc(-c2cn(CC34CC5CC(CC(C5)C3)C4)nn2)c1. The predicted octanol–water partition coefficient (Wildman–Crippen LogP) is 6.72. The van der Waals surface area contributed by atoms with Crippen LogP contribution in [0.5, 0.6) is 0 Å². The Balaban J connectivity index is 1.08. The first-order valence-electron chi connectivity index (χ1n) is 13.3. The number of nitrogen functional groups attached to an aromatic ring is 1. The molecule has 0 spiro atoms. The van der Waals surface area contributed by atoms with Gasteiger partial charge in [0.15, 0.2) is 0 Å². The second-order valence-electron chi connectivity index (χ2n) is 11.5. The third kappa shape index (κ3) is 4.35. The number of nitrogens with zero attached hydrogens (tertiary/aromatic N) is 3. The van der Waals surface area contributed by atoms with E-state index >= 15 is 0 Å². The molecule has 0 saturated heterocycles. The van der Waals surface area contributed by atoms with Gasteiger partial charge in [-0.1, -0.05) is 29.5 Å². The zero-order valence-corrected chi connectivity index (χ0v) is 21.6. The first-order valence-corrected chi connectivity index (χ1v) is 14.2. The number of aromatic nitrogens is 3. The number of rotatable bonds is 6. The highest BCUT2D eigenvalue weighted by molar-refractivity contribution is 7.13. The maximum atomic E-state index is 13.2. The largest absolute Gasteiger partial charge is 0.397 e. The third-order valence-electron chi connectivity index (χ3n) is 8.73. The fraction of sp³-hybridized carbons (Fsp3) is 0.367. The Morgan fingerprint density at radius 1 is 1.00 bits per heavy atom. The minimum atomic E-state index is -0.196. The molecule has 8 rings (SSSR count). The van der Waals surface area contributed by atoms with Gasteiger partial charge in [-0.2, -0.15) is 0 Å². The topological polar surface area (TPSA) is 85.8 Å². The molecule has 3 N–H and O–H groups in total. The van der Waals surface area contributed by atoms with Crippen LogP contribution in [0.2, 0.25) is 0 Å². The van der Waals surface area contributed by atoms with Crippen LogP contribution in [-0.4, -0.2) is 20.9 Å². The fourth-order valence-corrected chi connectivity index (χ4v) is 8.33. The summed E-state index contributed by atoms with van der Waals surface area (Å²) in [4.78, 5) is 14.3. The first kappa shape index (κ1) is 22.7. The van der Waals surface area contributed by atoms with E-state index in [1.54, 1.807) is 11.3 Å². The van der Waals surface area contributed by atoms with Gasteiger partial charge in [0, 0.05) is 22.5 Å². The molecule has 2 heterocycles. The van der Waals surface area contributed by atoms with Crippen LogP contribution < -0.4 is 11.1 Å². The quantitative estimate of drug-likeness (QED) is 0.282. The van der Waals surface area contributed by atoms with Crippen molar-refractivity contribution < 1.29 is 4.79 Å². The summed E-state index contributed by atoms with van der Waals surface area (Å²) in [6.07, 6.45) is 10.4. The smallest absolute Gasteiger partial charge is 0.255 e. The van der Waals surface area contributed by atoms with Crippen molar-refractivity contribution >= 4 is 28.6 Å². The summed E-state index contributed by atoms with van der Waals surface area (Å²) >= 11 is 1.66. The number of benzene rings is 2. The van der Waals surface area contributed by atoms with Crippen molar-refractivity contribution in [3.63, 3.8) is 0 Å². The normalized spacial score (nSPS) is 25.9. The monoisotopic (exact) mass is 509 g/mol. The molecule has 0 atom stereocenters. The average Bonchev–Trinajstić information content (AvgIpc) is 3.57. The minimum Gasteiger partial charge on any atom is -0.397 e. The van der Waals surface area contributed by atoms with Crippen LogP contribution in [0.25, 0.3) is 21.7 Å². The number of hydrogen-bond donors (Lipinski definition) is 2. The number of thiophene rings is 1. The molecule has 1 amide bonds. The van der Waals surface area contributed by atoms with Crippen molar-refractivity contribution in [3.05, 3.63) is 71.7 Å². The van der Waals surface area contributed by atoms with Crippen molar-refractivity contribution in [1.29, 1.82) is 0 Å². The maximum Gasteiger partial charge on any atom is 0.255 e. The van der Waals surface area contributed by atoms with Crippen LogP contribution >= 0.6 is 11.3 Å². The molecular weight excluding hydrogens is 478 g/mol. The van der Waals surface area contributed by atoms with E-state index in [1.165, 1.54) is 38.5 Å². The van der Waals surface area contributed by atoms with Crippen molar-refractivity contribution in [2.75, 3.05) is 11.1 Å². The summed E-state index contributed by atoms with van der Waals surface area (Å²) in [6.45, 7) is 0.962. The van der Waals surface area contributed by atoms with Gasteiger partial charge in [0.05, 0.1) is 17.6 Å². The molecular formula is C30H31N5OS. The summed E-state index contributed by atoms with van der Waals surface area (Å²) in [5.74, 6) is 2.57. The first-order chi connectivity index (χ1) is 18.0. The zero-order chi connectivity index (χ0) is 25.0. The summed E-state index contributed by atoms with van der Waals surface area (Å²) in [7, 11) is 0. The van der Waals surface area contributed by atoms with Crippen LogP contribution in [-0.2, 0) is 6.54 Å². The number of nitrogens with one attached hydrogen (secondary N) is 1. The highest BCUT2D eigenvalue weighted by Crippen LogP contribution is 2.60. The Labute approximate surface area is 220 Å². The van der Waals surface area contributed by atoms with Crippen molar-refractivity contribution in [1.82, 2.24) is 15.0 Å². The molecule has 4 fully saturated rings. The molecule has 4 aliphatic rings. The number of carbonyl (C=O) groups excluding carboxylic acids is 1. The Morgan fingerprint density at radius 2 is 1.78 bits per heavy atom. The van der Waals surface area contributed by atoms with Gasteiger partial charge in [0.25, 0.3) is 5.91 Å². The summed E-state index contributed by atoms with van der Waals surface area (Å²) in [5.41, 5.74) is 11.0. The van der Waals surface area contributed by atoms with Crippen LogP contribution in [0.4, 0.5) is 11.4 Å². The van der Waals surface area contributed by atoms with Crippen LogP contribution in [0.3, 0.4) is 0 Å². The number of amides is 1. The van der Waals surface area contributed by atoms with E-state index in [1.807, 2.05) is 58.6 Å². The lowest BCUT2D eigenvalue weighted by atomic mass is 9.49. The van der Waals surface area contributed by atoms with E-state index in [0.717, 1.165) is 46.0 Å². The highest BCUT2D eigenvalue weighted by Gasteiger charge is 2.51. The van der Waals surface area contributed by atoms with E-state index in [0.29, 0.717) is 22.4 Å². The van der Waals surface area contributed by atoms with E-state index in [4.69, 9.17) is 5.73 Å². The maximum absolute atomic E-state index is 13.2. The average molecular weight is 510 g/mol. The van der Waals surface area contributed by atoms with Gasteiger partial charge < -0.3 is 11.1 Å². The van der Waals surface area contributed by atoms with E-state index in [9.17, 15) is 4.79 Å². The molecule has 6 nitrogen and oxygen atoms in total. The molecule has 188 valence electrons. The van der Waals surface area contributed by atoms with Crippen LogP contribution in [0, 0.1) is 23.2 Å². The molecule has 7 heteroatoms. The van der Waals surface area contributed by atoms with Crippen LogP contribution in [0.1, 0.15) is 48.9 Å². The van der Waals surface area contributed by atoms with Crippen LogP contribution in [0.15, 0.2) is 66.2 Å². The molecule has 0 unspecified atom stereocenters. The zero-order valence-electron chi connectivity index (χ0n) is 20.8. The Morgan fingerprint density at radius 3 is 2.51 bits per heavy atom. The van der Waals surface area contributed by atoms with Gasteiger partial charge in [0.1, 0.15) is 5.69 Å².